The van der Waals surface area contributed by atoms with Gasteiger partial charge in [0.2, 0.25) is 17.7 Å². The molecule has 0 aliphatic carbocycles. The number of carbonyl (C=O) groups excluding carboxylic acids is 3. The van der Waals surface area contributed by atoms with E-state index < -0.39 is 188 Å². The second-order valence-corrected chi connectivity index (χ2v) is 24.8. The number of hydrogen-bond donors (Lipinski definition) is 12. The van der Waals surface area contributed by atoms with Gasteiger partial charge in [0.25, 0.3) is 0 Å². The quantitative estimate of drug-likeness (QED) is 0.0287. The van der Waals surface area contributed by atoms with E-state index in [1.165, 1.54) is 21.8 Å². The van der Waals surface area contributed by atoms with Crippen molar-refractivity contribution in [3.63, 3.8) is 0 Å². The number of likely N-dealkylation sites (tertiary alicyclic amines) is 3. The van der Waals surface area contributed by atoms with Crippen molar-refractivity contribution in [2.75, 3.05) is 86.2 Å². The van der Waals surface area contributed by atoms with Crippen molar-refractivity contribution in [3.05, 3.63) is 0 Å². The lowest BCUT2D eigenvalue weighted by Crippen LogP contribution is -2.55. The Balaban J connectivity index is 0.00000388. The first-order valence-electron chi connectivity index (χ1n) is 29.9. The zero-order valence-corrected chi connectivity index (χ0v) is 52.4. The number of carbonyl (C=O) groups is 3. The molecule has 23 atom stereocenters. The second-order valence-electron chi connectivity index (χ2n) is 22.0. The molecule has 6 rings (SSSR count). The largest absolute Gasteiger partial charge is 0.472 e. The zero-order chi connectivity index (χ0) is 64.2. The normalized spacial score (nSPS) is 37.0. The fourth-order valence-electron chi connectivity index (χ4n) is 11.1. The molecule has 33 heteroatoms. The maximum atomic E-state index is 13.9. The summed E-state index contributed by atoms with van der Waals surface area (Å²) < 4.78 is 88.4. The predicted molar refractivity (Wildman–Crippen MR) is 299 cm³/mol. The van der Waals surface area contributed by atoms with Crippen LogP contribution >= 0.6 is 15.6 Å². The number of amides is 3. The van der Waals surface area contributed by atoms with Crippen LogP contribution < -0.4 is 0 Å². The minimum atomic E-state index is -5.00. The molecule has 12 N–H and O–H groups in total. The summed E-state index contributed by atoms with van der Waals surface area (Å²) in [5, 5.41) is 101. The number of aliphatic hydroxyl groups is 10. The van der Waals surface area contributed by atoms with Crippen LogP contribution in [-0.2, 0) is 74.8 Å². The highest BCUT2D eigenvalue weighted by Gasteiger charge is 2.47. The summed E-state index contributed by atoms with van der Waals surface area (Å²) in [6.07, 6.45) is -17.1. The van der Waals surface area contributed by atoms with Gasteiger partial charge in [-0.05, 0) is 38.5 Å². The SMILES string of the molecule is CC.CC.COC[C@@H]1C[C@@H](OP(=O)(O)OC[C@@H]2C[C@@H](OP(=O)(O)OC[C@@H]3C[C@@H](O)CN3C(=O)CCCO[C@@H]3OC(CO)[C@H](O)[C@H](O)C3C)CN2C(=O)CCCO[C@@H]2OC(CO)[C@H](O)[C@H](O)C2C)CN1C(=O)CCCO[C@@H]1OC(CO)[C@H](O)[C@H](O)C1C. The van der Waals surface area contributed by atoms with Gasteiger partial charge in [0.05, 0.1) is 114 Å². The predicted octanol–water partition coefficient (Wildman–Crippen LogP) is -1.53. The van der Waals surface area contributed by atoms with Gasteiger partial charge in [-0.1, -0.05) is 48.5 Å². The van der Waals surface area contributed by atoms with Crippen molar-refractivity contribution in [1.82, 2.24) is 14.7 Å². The van der Waals surface area contributed by atoms with Crippen molar-refractivity contribution >= 4 is 33.4 Å². The maximum Gasteiger partial charge on any atom is 0.472 e. The fourth-order valence-corrected chi connectivity index (χ4v) is 13.0. The first kappa shape index (κ1) is 76.4. The summed E-state index contributed by atoms with van der Waals surface area (Å²) in [7, 11) is -8.55. The number of phosphoric ester groups is 2. The summed E-state index contributed by atoms with van der Waals surface area (Å²) in [6.45, 7) is 9.31. The zero-order valence-electron chi connectivity index (χ0n) is 50.6. The molecule has 0 spiro atoms. The van der Waals surface area contributed by atoms with Crippen LogP contribution in [0.25, 0.3) is 0 Å². The Morgan fingerprint density at radius 2 is 0.779 bits per heavy atom. The number of β-amino-alcohol motifs (C(OH)–C–C–N with tert-alkyl or cyclic N) is 1. The van der Waals surface area contributed by atoms with E-state index in [1.54, 1.807) is 20.8 Å². The molecule has 6 heterocycles. The van der Waals surface area contributed by atoms with E-state index in [4.69, 9.17) is 51.3 Å². The van der Waals surface area contributed by atoms with Gasteiger partial charge in [0.1, 0.15) is 36.6 Å². The molecule has 31 nitrogen and oxygen atoms in total. The molecule has 0 bridgehead atoms. The van der Waals surface area contributed by atoms with Gasteiger partial charge in [-0.25, -0.2) is 9.13 Å². The third-order valence-electron chi connectivity index (χ3n) is 15.9. The summed E-state index contributed by atoms with van der Waals surface area (Å²) in [6, 6.07) is -2.48. The van der Waals surface area contributed by atoms with Crippen LogP contribution in [0.15, 0.2) is 0 Å². The molecule has 3 amide bonds. The Bertz CT molecular complexity index is 2110. The van der Waals surface area contributed by atoms with Crippen LogP contribution in [0.5, 0.6) is 0 Å². The Kier molecular flexibility index (Phi) is 32.7. The van der Waals surface area contributed by atoms with Crippen molar-refractivity contribution < 1.29 is 136 Å². The first-order chi connectivity index (χ1) is 40.8. The highest BCUT2D eigenvalue weighted by molar-refractivity contribution is 7.47. The summed E-state index contributed by atoms with van der Waals surface area (Å²) in [4.78, 5) is 66.7. The Labute approximate surface area is 502 Å². The van der Waals surface area contributed by atoms with Crippen LogP contribution in [-0.4, -0.2) is 290 Å². The van der Waals surface area contributed by atoms with Crippen LogP contribution in [0.1, 0.15) is 106 Å². The van der Waals surface area contributed by atoms with E-state index in [0.717, 1.165) is 0 Å². The topological polar surface area (TPSA) is 439 Å². The average Bonchev–Trinajstić information content (AvgIpc) is 4.38. The molecule has 0 saturated carbocycles. The van der Waals surface area contributed by atoms with Gasteiger partial charge < -0.3 is 109 Å². The Morgan fingerprint density at radius 1 is 0.477 bits per heavy atom. The molecule has 8 unspecified atom stereocenters. The van der Waals surface area contributed by atoms with E-state index in [1.807, 2.05) is 27.7 Å². The van der Waals surface area contributed by atoms with Gasteiger partial charge in [-0.2, -0.15) is 0 Å². The Morgan fingerprint density at radius 3 is 1.09 bits per heavy atom. The Hall–Kier alpha value is -2.05. The van der Waals surface area contributed by atoms with E-state index in [-0.39, 0.29) is 110 Å². The molecular weight excluding hydrogens is 1190 g/mol. The smallest absolute Gasteiger partial charge is 0.394 e. The van der Waals surface area contributed by atoms with Gasteiger partial charge in [-0.15, -0.1) is 0 Å². The molecule has 6 saturated heterocycles. The average molecular weight is 1290 g/mol. The van der Waals surface area contributed by atoms with E-state index >= 15 is 0 Å². The fraction of sp³-hybridized carbons (Fsp3) is 0.943. The van der Waals surface area contributed by atoms with Gasteiger partial charge in [0, 0.05) is 63.8 Å². The second kappa shape index (κ2) is 36.9. The first-order valence-corrected chi connectivity index (χ1v) is 32.9. The van der Waals surface area contributed by atoms with Crippen molar-refractivity contribution in [3.8, 4) is 0 Å². The monoisotopic (exact) mass is 1290 g/mol. The third kappa shape index (κ3) is 21.5. The minimum Gasteiger partial charge on any atom is -0.394 e. The van der Waals surface area contributed by atoms with Crippen LogP contribution in [0.3, 0.4) is 0 Å². The molecule has 6 aliphatic rings. The van der Waals surface area contributed by atoms with Crippen molar-refractivity contribution in [1.29, 1.82) is 0 Å². The number of hydrogen-bond acceptors (Lipinski definition) is 26. The standard InChI is InChI=1S/C49H87N3O28P2.2C2H6/c1-26-41(60)44(63)35(20-53)76-47(26)71-11-5-8-38(57)50-17-32(56)14-29(50)24-74-81(66,67)80-34-16-31(52(19-34)40(59)10-7-13-73-49-28(3)43(62)46(65)37(22-55)78-49)25-75-82(68,69)79-33-15-30(23-70-4)51(18-33)39(58)9-6-12-72-48-27(2)42(61)45(64)36(21-54)77-48;2*1-2/h26-37,41-49,53-56,60-65H,5-25H2,1-4H3,(H,66,67)(H,68,69);2*1-2H3/t26?,27?,28?,29-,30-,31-,32+,33+,34+,35?,36?,37?,41+,42+,43+,44-,45-,46-,47+,48+,49+;;/m0../s1. The van der Waals surface area contributed by atoms with E-state index in [0.29, 0.717) is 0 Å². The molecule has 0 aromatic heterocycles. The van der Waals surface area contributed by atoms with E-state index in [2.05, 4.69) is 0 Å². The minimum absolute atomic E-state index is 0.00525. The lowest BCUT2D eigenvalue weighted by Gasteiger charge is -2.40. The summed E-state index contributed by atoms with van der Waals surface area (Å²) in [5.41, 5.74) is 0. The molecule has 0 aromatic carbocycles. The van der Waals surface area contributed by atoms with Crippen LogP contribution in [0.4, 0.5) is 0 Å². The number of aliphatic hydroxyl groups excluding tert-OH is 10. The molecule has 504 valence electrons. The lowest BCUT2D eigenvalue weighted by molar-refractivity contribution is -0.282. The van der Waals surface area contributed by atoms with Crippen molar-refractivity contribution in [2.24, 2.45) is 17.8 Å². The summed E-state index contributed by atoms with van der Waals surface area (Å²) >= 11 is 0. The number of methoxy groups -OCH3 is 1. The summed E-state index contributed by atoms with van der Waals surface area (Å²) in [5.74, 6) is -3.33. The number of rotatable bonds is 30. The lowest BCUT2D eigenvalue weighted by atomic mass is 9.92. The molecule has 0 radical (unpaired) electrons. The molecular formula is C53H99N3O28P2. The number of ether oxygens (including phenoxy) is 7. The highest BCUT2D eigenvalue weighted by atomic mass is 31.2. The number of nitrogens with zero attached hydrogens (tertiary/aromatic N) is 3. The van der Waals surface area contributed by atoms with Gasteiger partial charge >= 0.3 is 15.6 Å². The molecule has 0 aromatic rings. The number of phosphoric acid groups is 2. The van der Waals surface area contributed by atoms with Gasteiger partial charge in [0.15, 0.2) is 18.9 Å². The maximum absolute atomic E-state index is 13.9. The molecule has 6 aliphatic heterocycles. The van der Waals surface area contributed by atoms with Crippen molar-refractivity contribution in [2.45, 2.75) is 216 Å². The third-order valence-corrected chi connectivity index (χ3v) is 18.0. The van der Waals surface area contributed by atoms with Crippen LogP contribution in [0.2, 0.25) is 0 Å². The molecule has 86 heavy (non-hydrogen) atoms. The van der Waals surface area contributed by atoms with Gasteiger partial charge in [-0.3, -0.25) is 32.5 Å². The van der Waals surface area contributed by atoms with Crippen LogP contribution in [0, 0.1) is 17.8 Å². The highest BCUT2D eigenvalue weighted by Crippen LogP contribution is 2.50. The van der Waals surface area contributed by atoms with E-state index in [9.17, 15) is 84.4 Å². The molecule has 6 fully saturated rings.